The van der Waals surface area contributed by atoms with Crippen molar-refractivity contribution in [3.63, 3.8) is 0 Å². The molecule has 134 valence electrons. The molecule has 7 heteroatoms. The van der Waals surface area contributed by atoms with Crippen LogP contribution in [0.4, 0.5) is 17.2 Å². The fourth-order valence-corrected chi connectivity index (χ4v) is 3.22. The van der Waals surface area contributed by atoms with E-state index < -0.39 is 23.6 Å². The Balaban J connectivity index is 2.11. The van der Waals surface area contributed by atoms with Crippen molar-refractivity contribution in [2.45, 2.75) is 20.8 Å². The van der Waals surface area contributed by atoms with Crippen molar-refractivity contribution < 1.29 is 19.5 Å². The maximum atomic E-state index is 12.7. The van der Waals surface area contributed by atoms with Crippen LogP contribution in [0, 0.1) is 19.8 Å². The van der Waals surface area contributed by atoms with Gasteiger partial charge in [-0.05, 0) is 50.1 Å². The molecular formula is C19H19N3O4. The number of hydrogen-bond donors (Lipinski definition) is 2. The third-order valence-corrected chi connectivity index (χ3v) is 4.45. The number of hydrogen-bond acceptors (Lipinski definition) is 5. The number of carbonyl (C=O) groups is 3. The molecule has 26 heavy (non-hydrogen) atoms. The number of pyridine rings is 1. The number of aromatic nitrogens is 1. The summed E-state index contributed by atoms with van der Waals surface area (Å²) in [6.45, 7) is 5.73. The Morgan fingerprint density at radius 2 is 2.00 bits per heavy atom. The average Bonchev–Trinajstić information content (AvgIpc) is 2.58. The molecule has 0 saturated heterocycles. The third-order valence-electron chi connectivity index (χ3n) is 4.45. The molecule has 1 aromatic carbocycles. The Bertz CT molecular complexity index is 923. The smallest absolute Gasteiger partial charge is 0.324 e. The van der Waals surface area contributed by atoms with Crippen molar-refractivity contribution in [1.29, 1.82) is 0 Å². The summed E-state index contributed by atoms with van der Waals surface area (Å²) in [7, 11) is 0. The van der Waals surface area contributed by atoms with E-state index >= 15 is 0 Å². The topological polar surface area (TPSA) is 99.6 Å². The maximum Gasteiger partial charge on any atom is 0.324 e. The van der Waals surface area contributed by atoms with E-state index in [9.17, 15) is 19.5 Å². The molecule has 1 atom stereocenters. The van der Waals surface area contributed by atoms with Gasteiger partial charge in [0, 0.05) is 24.0 Å². The number of Topliss-reactive ketones (excluding diaryl/α,β-unsaturated/α-hetero) is 1. The van der Waals surface area contributed by atoms with E-state index in [0.29, 0.717) is 22.8 Å². The Morgan fingerprint density at radius 3 is 2.62 bits per heavy atom. The van der Waals surface area contributed by atoms with E-state index in [4.69, 9.17) is 0 Å². The first kappa shape index (κ1) is 17.6. The number of nitrogens with zero attached hydrogens (tertiary/aromatic N) is 2. The zero-order valence-electron chi connectivity index (χ0n) is 14.7. The molecule has 1 aliphatic heterocycles. The Labute approximate surface area is 150 Å². The van der Waals surface area contributed by atoms with Gasteiger partial charge in [0.1, 0.15) is 5.82 Å². The van der Waals surface area contributed by atoms with Crippen LogP contribution in [0.25, 0.3) is 0 Å². The second kappa shape index (κ2) is 6.59. The lowest BCUT2D eigenvalue weighted by Crippen LogP contribution is -2.48. The van der Waals surface area contributed by atoms with Crippen molar-refractivity contribution in [3.8, 4) is 0 Å². The van der Waals surface area contributed by atoms with Gasteiger partial charge in [0.05, 0.1) is 5.69 Å². The maximum absolute atomic E-state index is 12.7. The van der Waals surface area contributed by atoms with Crippen LogP contribution in [-0.4, -0.2) is 34.3 Å². The highest BCUT2D eigenvalue weighted by molar-refractivity contribution is 6.30. The minimum Gasteiger partial charge on any atom is -0.480 e. The Kier molecular flexibility index (Phi) is 4.46. The summed E-state index contributed by atoms with van der Waals surface area (Å²) in [4.78, 5) is 42.2. The molecule has 1 aromatic heterocycles. The van der Waals surface area contributed by atoms with E-state index in [2.05, 4.69) is 10.3 Å². The van der Waals surface area contributed by atoms with Gasteiger partial charge in [-0.25, -0.2) is 4.98 Å². The molecule has 0 aliphatic carbocycles. The monoisotopic (exact) mass is 353 g/mol. The number of ketones is 1. The second-order valence-electron chi connectivity index (χ2n) is 6.20. The molecule has 1 amide bonds. The van der Waals surface area contributed by atoms with Gasteiger partial charge < -0.3 is 15.3 Å². The van der Waals surface area contributed by atoms with Crippen molar-refractivity contribution >= 4 is 34.9 Å². The van der Waals surface area contributed by atoms with E-state index in [1.807, 2.05) is 25.1 Å². The van der Waals surface area contributed by atoms with Crippen LogP contribution in [0.1, 0.15) is 28.4 Å². The summed E-state index contributed by atoms with van der Waals surface area (Å²) in [5.41, 5.74) is 2.97. The van der Waals surface area contributed by atoms with E-state index in [-0.39, 0.29) is 12.1 Å². The summed E-state index contributed by atoms with van der Waals surface area (Å²) in [5.74, 6) is -3.86. The number of aryl methyl sites for hydroxylation is 2. The fourth-order valence-electron chi connectivity index (χ4n) is 3.22. The molecule has 7 nitrogen and oxygen atoms in total. The summed E-state index contributed by atoms with van der Waals surface area (Å²) in [5, 5.41) is 12.5. The number of benzene rings is 1. The molecule has 2 N–H and O–H groups in total. The SMILES string of the molecule is CCN1C(=O)C(C(=O)O)C(=O)c2cc(Nc3ncccc3C)cc(C)c21. The van der Waals surface area contributed by atoms with Crippen molar-refractivity contribution in [2.24, 2.45) is 5.92 Å². The molecule has 0 radical (unpaired) electrons. The molecular weight excluding hydrogens is 334 g/mol. The molecule has 0 spiro atoms. The van der Waals surface area contributed by atoms with Crippen molar-refractivity contribution in [1.82, 2.24) is 4.98 Å². The molecule has 0 fully saturated rings. The summed E-state index contributed by atoms with van der Waals surface area (Å²) >= 11 is 0. The zero-order chi connectivity index (χ0) is 19.0. The average molecular weight is 353 g/mol. The first-order valence-electron chi connectivity index (χ1n) is 8.26. The molecule has 2 aromatic rings. The fraction of sp³-hybridized carbons (Fsp3) is 0.263. The highest BCUT2D eigenvalue weighted by Gasteiger charge is 2.44. The van der Waals surface area contributed by atoms with E-state index in [1.165, 1.54) is 4.90 Å². The lowest BCUT2D eigenvalue weighted by Gasteiger charge is -2.32. The van der Waals surface area contributed by atoms with E-state index in [0.717, 1.165) is 5.56 Å². The molecule has 0 saturated carbocycles. The molecule has 0 bridgehead atoms. The number of carbonyl (C=O) groups excluding carboxylic acids is 2. The van der Waals surface area contributed by atoms with Crippen molar-refractivity contribution in [3.05, 3.63) is 47.2 Å². The highest BCUT2D eigenvalue weighted by atomic mass is 16.4. The van der Waals surface area contributed by atoms with Crippen LogP contribution in [0.15, 0.2) is 30.5 Å². The van der Waals surface area contributed by atoms with Crippen LogP contribution >= 0.6 is 0 Å². The number of fused-ring (bicyclic) bond motifs is 1. The minimum atomic E-state index is -1.70. The van der Waals surface area contributed by atoms with Crippen LogP contribution < -0.4 is 10.2 Å². The van der Waals surface area contributed by atoms with Gasteiger partial charge in [-0.2, -0.15) is 0 Å². The second-order valence-corrected chi connectivity index (χ2v) is 6.20. The molecule has 1 aliphatic rings. The van der Waals surface area contributed by atoms with Gasteiger partial charge in [-0.1, -0.05) is 6.07 Å². The largest absolute Gasteiger partial charge is 0.480 e. The Morgan fingerprint density at radius 1 is 1.27 bits per heavy atom. The van der Waals surface area contributed by atoms with Crippen LogP contribution in [0.2, 0.25) is 0 Å². The minimum absolute atomic E-state index is 0.231. The van der Waals surface area contributed by atoms with Crippen molar-refractivity contribution in [2.75, 3.05) is 16.8 Å². The number of nitrogens with one attached hydrogen (secondary N) is 1. The quantitative estimate of drug-likeness (QED) is 0.820. The first-order valence-corrected chi connectivity index (χ1v) is 8.26. The lowest BCUT2D eigenvalue weighted by atomic mass is 9.88. The van der Waals surface area contributed by atoms with Crippen LogP contribution in [0.3, 0.4) is 0 Å². The standard InChI is InChI=1S/C19H19N3O4/c1-4-22-15-11(3)8-12(21-17-10(2)6-5-7-20-17)9-13(15)16(23)14(18(22)24)19(25)26/h5-9,14H,4H2,1-3H3,(H,20,21)(H,25,26). The number of carboxylic acids is 1. The number of carboxylic acid groups (broad SMARTS) is 1. The predicted molar refractivity (Wildman–Crippen MR) is 96.9 cm³/mol. The number of anilines is 3. The Hall–Kier alpha value is -3.22. The van der Waals surface area contributed by atoms with Gasteiger partial charge in [0.25, 0.3) is 0 Å². The lowest BCUT2D eigenvalue weighted by molar-refractivity contribution is -0.144. The zero-order valence-corrected chi connectivity index (χ0v) is 14.7. The summed E-state index contributed by atoms with van der Waals surface area (Å²) < 4.78 is 0. The third kappa shape index (κ3) is 2.81. The summed E-state index contributed by atoms with van der Waals surface area (Å²) in [6.07, 6.45) is 1.66. The van der Waals surface area contributed by atoms with Gasteiger partial charge in [-0.15, -0.1) is 0 Å². The van der Waals surface area contributed by atoms with Crippen LogP contribution in [0.5, 0.6) is 0 Å². The highest BCUT2D eigenvalue weighted by Crippen LogP contribution is 2.36. The first-order chi connectivity index (χ1) is 12.3. The van der Waals surface area contributed by atoms with Gasteiger partial charge in [0.15, 0.2) is 11.7 Å². The normalized spacial score (nSPS) is 16.4. The number of amides is 1. The predicted octanol–water partition coefficient (Wildman–Crippen LogP) is 2.69. The van der Waals surface area contributed by atoms with Crippen LogP contribution in [-0.2, 0) is 9.59 Å². The number of rotatable bonds is 4. The molecule has 1 unspecified atom stereocenters. The molecule has 3 rings (SSSR count). The summed E-state index contributed by atoms with van der Waals surface area (Å²) in [6, 6.07) is 7.13. The number of aliphatic carboxylic acids is 1. The van der Waals surface area contributed by atoms with Gasteiger partial charge >= 0.3 is 5.97 Å². The molecule has 2 heterocycles. The van der Waals surface area contributed by atoms with Gasteiger partial charge in [0.2, 0.25) is 5.91 Å². The van der Waals surface area contributed by atoms with Gasteiger partial charge in [-0.3, -0.25) is 14.4 Å². The van der Waals surface area contributed by atoms with E-state index in [1.54, 1.807) is 26.1 Å².